The first-order valence-electron chi connectivity index (χ1n) is 4.35. The van der Waals surface area contributed by atoms with E-state index in [1.165, 1.54) is 0 Å². The van der Waals surface area contributed by atoms with Gasteiger partial charge in [0, 0.05) is 17.0 Å². The van der Waals surface area contributed by atoms with Gasteiger partial charge in [-0.3, -0.25) is 4.79 Å². The van der Waals surface area contributed by atoms with Crippen LogP contribution in [-0.2, 0) is 4.79 Å². The number of hydrogen-bond donors (Lipinski definition) is 1. The predicted octanol–water partition coefficient (Wildman–Crippen LogP) is 2.45. The van der Waals surface area contributed by atoms with E-state index in [0.29, 0.717) is 12.1 Å². The Hall–Kier alpha value is -1.35. The summed E-state index contributed by atoms with van der Waals surface area (Å²) in [5, 5.41) is 4.71. The lowest BCUT2D eigenvalue weighted by atomic mass is 10.2. The second kappa shape index (κ2) is 5.40. The molecular weight excluding hydrogens is 194 g/mol. The van der Waals surface area contributed by atoms with Crippen molar-refractivity contribution in [3.05, 3.63) is 40.6 Å². The van der Waals surface area contributed by atoms with Crippen molar-refractivity contribution in [1.82, 2.24) is 5.32 Å². The minimum absolute atomic E-state index is 0.0432. The van der Waals surface area contributed by atoms with Crippen LogP contribution >= 0.6 is 11.3 Å². The first kappa shape index (κ1) is 10.7. The third-order valence-corrected chi connectivity index (χ3v) is 2.49. The van der Waals surface area contributed by atoms with Crippen molar-refractivity contribution in [3.63, 3.8) is 0 Å². The maximum Gasteiger partial charge on any atom is 0.247 e. The molecule has 0 aromatic carbocycles. The standard InChI is InChI=1S/C11H13NOS/c1-3-6-12-11(13)9(2)8-10-5-4-7-14-10/h3-5,7-8H,1,6H2,2H3,(H,12,13)/b9-8+. The molecule has 1 amide bonds. The summed E-state index contributed by atoms with van der Waals surface area (Å²) >= 11 is 1.62. The number of amides is 1. The van der Waals surface area contributed by atoms with E-state index in [1.54, 1.807) is 24.3 Å². The van der Waals surface area contributed by atoms with E-state index in [0.717, 1.165) is 4.88 Å². The van der Waals surface area contributed by atoms with Gasteiger partial charge in [-0.1, -0.05) is 12.1 Å². The minimum Gasteiger partial charge on any atom is -0.349 e. The number of carbonyl (C=O) groups excluding carboxylic acids is 1. The molecule has 0 bridgehead atoms. The molecule has 1 aromatic heterocycles. The monoisotopic (exact) mass is 207 g/mol. The van der Waals surface area contributed by atoms with Gasteiger partial charge in [0.05, 0.1) is 0 Å². The zero-order valence-electron chi connectivity index (χ0n) is 8.12. The summed E-state index contributed by atoms with van der Waals surface area (Å²) in [6, 6.07) is 3.94. The Bertz CT molecular complexity index is 338. The molecule has 0 atom stereocenters. The summed E-state index contributed by atoms with van der Waals surface area (Å²) in [5.74, 6) is -0.0432. The molecule has 0 spiro atoms. The van der Waals surface area contributed by atoms with Crippen LogP contribution in [0.4, 0.5) is 0 Å². The van der Waals surface area contributed by atoms with Gasteiger partial charge < -0.3 is 5.32 Å². The summed E-state index contributed by atoms with van der Waals surface area (Å²) in [5.41, 5.74) is 0.717. The topological polar surface area (TPSA) is 29.1 Å². The van der Waals surface area contributed by atoms with Gasteiger partial charge in [-0.25, -0.2) is 0 Å². The molecule has 0 saturated carbocycles. The van der Waals surface area contributed by atoms with Crippen molar-refractivity contribution in [2.24, 2.45) is 0 Å². The molecule has 2 nitrogen and oxygen atoms in total. The normalized spacial score (nSPS) is 11.1. The molecular formula is C11H13NOS. The van der Waals surface area contributed by atoms with E-state index < -0.39 is 0 Å². The first-order chi connectivity index (χ1) is 6.74. The van der Waals surface area contributed by atoms with E-state index >= 15 is 0 Å². The second-order valence-electron chi connectivity index (χ2n) is 2.84. The minimum atomic E-state index is -0.0432. The molecule has 0 radical (unpaired) electrons. The highest BCUT2D eigenvalue weighted by Crippen LogP contribution is 2.12. The number of hydrogen-bond acceptors (Lipinski definition) is 2. The summed E-state index contributed by atoms with van der Waals surface area (Å²) in [7, 11) is 0. The molecule has 0 aliphatic carbocycles. The fraction of sp³-hybridized carbons (Fsp3) is 0.182. The number of rotatable bonds is 4. The van der Waals surface area contributed by atoms with Gasteiger partial charge in [0.15, 0.2) is 0 Å². The molecule has 1 heterocycles. The van der Waals surface area contributed by atoms with Crippen LogP contribution in [0.2, 0.25) is 0 Å². The predicted molar refractivity (Wildman–Crippen MR) is 61.2 cm³/mol. The van der Waals surface area contributed by atoms with Crippen LogP contribution in [0.15, 0.2) is 35.7 Å². The van der Waals surface area contributed by atoms with Crippen molar-refractivity contribution < 1.29 is 4.79 Å². The van der Waals surface area contributed by atoms with Crippen molar-refractivity contribution >= 4 is 23.3 Å². The molecule has 1 aromatic rings. The first-order valence-corrected chi connectivity index (χ1v) is 5.23. The summed E-state index contributed by atoms with van der Waals surface area (Å²) in [6.07, 6.45) is 3.54. The molecule has 1 N–H and O–H groups in total. The third kappa shape index (κ3) is 3.18. The maximum absolute atomic E-state index is 11.4. The Balaban J connectivity index is 2.60. The Kier molecular flexibility index (Phi) is 4.13. The summed E-state index contributed by atoms with van der Waals surface area (Å²) in [4.78, 5) is 12.5. The lowest BCUT2D eigenvalue weighted by molar-refractivity contribution is -0.117. The SMILES string of the molecule is C=CCNC(=O)/C(C)=C/c1cccs1. The Morgan fingerprint density at radius 1 is 1.71 bits per heavy atom. The van der Waals surface area contributed by atoms with Gasteiger partial charge in [-0.2, -0.15) is 0 Å². The van der Waals surface area contributed by atoms with Crippen LogP contribution in [0, 0.1) is 0 Å². The summed E-state index contributed by atoms with van der Waals surface area (Å²) < 4.78 is 0. The van der Waals surface area contributed by atoms with Crippen molar-refractivity contribution in [3.8, 4) is 0 Å². The largest absolute Gasteiger partial charge is 0.349 e. The third-order valence-electron chi connectivity index (χ3n) is 1.67. The van der Waals surface area contributed by atoms with E-state index in [2.05, 4.69) is 11.9 Å². The van der Waals surface area contributed by atoms with Crippen LogP contribution in [-0.4, -0.2) is 12.5 Å². The van der Waals surface area contributed by atoms with E-state index in [-0.39, 0.29) is 5.91 Å². The molecule has 14 heavy (non-hydrogen) atoms. The second-order valence-corrected chi connectivity index (χ2v) is 3.82. The molecule has 0 aliphatic heterocycles. The quantitative estimate of drug-likeness (QED) is 0.596. The van der Waals surface area contributed by atoms with Gasteiger partial charge in [0.2, 0.25) is 5.91 Å². The molecule has 0 fully saturated rings. The summed E-state index contributed by atoms with van der Waals surface area (Å²) in [6.45, 7) is 5.85. The van der Waals surface area contributed by atoms with Crippen LogP contribution in [0.3, 0.4) is 0 Å². The Morgan fingerprint density at radius 2 is 2.50 bits per heavy atom. The Labute approximate surface area is 88.0 Å². The molecule has 0 aliphatic rings. The lowest BCUT2D eigenvalue weighted by Gasteiger charge is -2.00. The molecule has 3 heteroatoms. The van der Waals surface area contributed by atoms with Gasteiger partial charge in [-0.05, 0) is 24.4 Å². The number of nitrogens with one attached hydrogen (secondary N) is 1. The van der Waals surface area contributed by atoms with Crippen LogP contribution < -0.4 is 5.32 Å². The molecule has 0 unspecified atom stereocenters. The van der Waals surface area contributed by atoms with Gasteiger partial charge in [0.25, 0.3) is 0 Å². The average molecular weight is 207 g/mol. The maximum atomic E-state index is 11.4. The zero-order chi connectivity index (χ0) is 10.4. The number of thiophene rings is 1. The highest BCUT2D eigenvalue weighted by molar-refractivity contribution is 7.10. The van der Waals surface area contributed by atoms with Crippen molar-refractivity contribution in [2.45, 2.75) is 6.92 Å². The fourth-order valence-electron chi connectivity index (χ4n) is 0.957. The highest BCUT2D eigenvalue weighted by Gasteiger charge is 2.01. The van der Waals surface area contributed by atoms with Gasteiger partial charge in [0.1, 0.15) is 0 Å². The Morgan fingerprint density at radius 3 is 3.07 bits per heavy atom. The van der Waals surface area contributed by atoms with Crippen molar-refractivity contribution in [1.29, 1.82) is 0 Å². The average Bonchev–Trinajstić information content (AvgIpc) is 2.66. The van der Waals surface area contributed by atoms with E-state index in [9.17, 15) is 4.79 Å². The van der Waals surface area contributed by atoms with Gasteiger partial charge >= 0.3 is 0 Å². The van der Waals surface area contributed by atoms with Crippen LogP contribution in [0.25, 0.3) is 6.08 Å². The van der Waals surface area contributed by atoms with E-state index in [4.69, 9.17) is 0 Å². The number of carbonyl (C=O) groups is 1. The molecule has 74 valence electrons. The van der Waals surface area contributed by atoms with Crippen LogP contribution in [0.5, 0.6) is 0 Å². The molecule has 0 saturated heterocycles. The van der Waals surface area contributed by atoms with Gasteiger partial charge in [-0.15, -0.1) is 17.9 Å². The van der Waals surface area contributed by atoms with Crippen molar-refractivity contribution in [2.75, 3.05) is 6.54 Å². The smallest absolute Gasteiger partial charge is 0.247 e. The zero-order valence-corrected chi connectivity index (χ0v) is 8.93. The van der Waals surface area contributed by atoms with E-state index in [1.807, 2.05) is 23.6 Å². The molecule has 1 rings (SSSR count). The van der Waals surface area contributed by atoms with Crippen LogP contribution in [0.1, 0.15) is 11.8 Å². The fourth-order valence-corrected chi connectivity index (χ4v) is 1.67. The lowest BCUT2D eigenvalue weighted by Crippen LogP contribution is -2.23. The highest BCUT2D eigenvalue weighted by atomic mass is 32.1.